The molecule has 6 heteroatoms. The van der Waals surface area contributed by atoms with Gasteiger partial charge in [-0.3, -0.25) is 4.90 Å². The van der Waals surface area contributed by atoms with E-state index in [9.17, 15) is 8.78 Å². The molecule has 2 aromatic rings. The zero-order valence-electron chi connectivity index (χ0n) is 11.3. The minimum atomic E-state index is -0.586. The largest absolute Gasteiger partial charge is 0.314 e. The Balaban J connectivity index is 2.07. The Morgan fingerprint density at radius 3 is 2.43 bits per heavy atom. The fraction of sp³-hybridized carbons (Fsp3) is 0.333. The van der Waals surface area contributed by atoms with Crippen LogP contribution in [0.3, 0.4) is 0 Å². The minimum absolute atomic E-state index is 0.0824. The number of benzene rings is 1. The van der Waals surface area contributed by atoms with E-state index < -0.39 is 17.7 Å². The lowest BCUT2D eigenvalue weighted by molar-refractivity contribution is 0.194. The van der Waals surface area contributed by atoms with Crippen molar-refractivity contribution < 1.29 is 8.78 Å². The molecule has 1 aromatic carbocycles. The molecule has 0 aliphatic carbocycles. The molecule has 1 aliphatic heterocycles. The molecule has 1 aliphatic rings. The molecule has 0 saturated carbocycles. The first-order valence-electron chi connectivity index (χ1n) is 6.79. The SMILES string of the molecule is Fc1cc(Cl)cc(F)c1[C@@H](c1cccs1)N1CCNCC1. The molecule has 1 N–H and O–H groups in total. The molecule has 0 bridgehead atoms. The number of nitrogens with zero attached hydrogens (tertiary/aromatic N) is 1. The third-order valence-corrected chi connectivity index (χ3v) is 4.79. The van der Waals surface area contributed by atoms with Crippen LogP contribution in [0.1, 0.15) is 16.5 Å². The minimum Gasteiger partial charge on any atom is -0.314 e. The van der Waals surface area contributed by atoms with Gasteiger partial charge in [0.25, 0.3) is 0 Å². The molecule has 112 valence electrons. The Morgan fingerprint density at radius 1 is 1.19 bits per heavy atom. The molecule has 1 fully saturated rings. The first-order valence-corrected chi connectivity index (χ1v) is 8.05. The number of piperazine rings is 1. The summed E-state index contributed by atoms with van der Waals surface area (Å²) < 4.78 is 28.7. The summed E-state index contributed by atoms with van der Waals surface area (Å²) in [6.07, 6.45) is 0. The van der Waals surface area contributed by atoms with Gasteiger partial charge in [-0.05, 0) is 23.6 Å². The number of thiophene rings is 1. The molecule has 0 spiro atoms. The van der Waals surface area contributed by atoms with Gasteiger partial charge in [-0.1, -0.05) is 17.7 Å². The summed E-state index contributed by atoms with van der Waals surface area (Å²) in [7, 11) is 0. The summed E-state index contributed by atoms with van der Waals surface area (Å²) in [4.78, 5) is 3.05. The van der Waals surface area contributed by atoms with Crippen molar-refractivity contribution in [1.29, 1.82) is 0 Å². The van der Waals surface area contributed by atoms with E-state index in [1.807, 2.05) is 17.5 Å². The van der Waals surface area contributed by atoms with Gasteiger partial charge in [0.05, 0.1) is 6.04 Å². The van der Waals surface area contributed by atoms with Crippen LogP contribution in [0.2, 0.25) is 5.02 Å². The Labute approximate surface area is 131 Å². The van der Waals surface area contributed by atoms with E-state index in [1.165, 1.54) is 23.5 Å². The molecule has 0 unspecified atom stereocenters. The van der Waals surface area contributed by atoms with Gasteiger partial charge in [0.1, 0.15) is 11.6 Å². The van der Waals surface area contributed by atoms with Crippen LogP contribution < -0.4 is 5.32 Å². The van der Waals surface area contributed by atoms with Gasteiger partial charge >= 0.3 is 0 Å². The third kappa shape index (κ3) is 3.11. The van der Waals surface area contributed by atoms with Crippen molar-refractivity contribution in [2.75, 3.05) is 26.2 Å². The monoisotopic (exact) mass is 328 g/mol. The fourth-order valence-corrected chi connectivity index (χ4v) is 3.77. The molecule has 21 heavy (non-hydrogen) atoms. The van der Waals surface area contributed by atoms with Crippen molar-refractivity contribution in [3.8, 4) is 0 Å². The number of hydrogen-bond donors (Lipinski definition) is 1. The Kier molecular flexibility index (Phi) is 4.54. The van der Waals surface area contributed by atoms with Crippen molar-refractivity contribution in [3.05, 3.63) is 56.7 Å². The maximum Gasteiger partial charge on any atom is 0.132 e. The predicted molar refractivity (Wildman–Crippen MR) is 82.0 cm³/mol. The lowest BCUT2D eigenvalue weighted by Crippen LogP contribution is -2.45. The molecule has 0 radical (unpaired) electrons. The summed E-state index contributed by atoms with van der Waals surface area (Å²) in [5, 5.41) is 5.27. The zero-order chi connectivity index (χ0) is 14.8. The van der Waals surface area contributed by atoms with Crippen molar-refractivity contribution in [1.82, 2.24) is 10.2 Å². The van der Waals surface area contributed by atoms with E-state index >= 15 is 0 Å². The second-order valence-corrected chi connectivity index (χ2v) is 6.40. The van der Waals surface area contributed by atoms with E-state index in [2.05, 4.69) is 10.2 Å². The second-order valence-electron chi connectivity index (χ2n) is 4.99. The van der Waals surface area contributed by atoms with Gasteiger partial charge in [0, 0.05) is 41.6 Å². The first-order chi connectivity index (χ1) is 10.2. The standard InChI is InChI=1S/C15H15ClF2N2S/c16-10-8-11(17)14(12(18)9-10)15(13-2-1-7-21-13)20-5-3-19-4-6-20/h1-2,7-9,15,19H,3-6H2/t15-/m1/s1. The zero-order valence-corrected chi connectivity index (χ0v) is 12.9. The fourth-order valence-electron chi connectivity index (χ4n) is 2.71. The highest BCUT2D eigenvalue weighted by molar-refractivity contribution is 7.10. The van der Waals surface area contributed by atoms with Crippen LogP contribution in [0.15, 0.2) is 29.6 Å². The van der Waals surface area contributed by atoms with E-state index in [0.717, 1.165) is 31.1 Å². The summed E-state index contributed by atoms with van der Waals surface area (Å²) in [5.74, 6) is -1.17. The molecule has 1 atom stereocenters. The van der Waals surface area contributed by atoms with E-state index in [1.54, 1.807) is 0 Å². The van der Waals surface area contributed by atoms with Crippen molar-refractivity contribution in [2.24, 2.45) is 0 Å². The molecule has 2 heterocycles. The van der Waals surface area contributed by atoms with Gasteiger partial charge in [0.15, 0.2) is 0 Å². The highest BCUT2D eigenvalue weighted by Crippen LogP contribution is 2.36. The average Bonchev–Trinajstić information content (AvgIpc) is 2.97. The molecule has 0 amide bonds. The van der Waals surface area contributed by atoms with Gasteiger partial charge in [0.2, 0.25) is 0 Å². The predicted octanol–water partition coefficient (Wildman–Crippen LogP) is 3.67. The van der Waals surface area contributed by atoms with Crippen LogP contribution in [-0.2, 0) is 0 Å². The van der Waals surface area contributed by atoms with Crippen molar-refractivity contribution >= 4 is 22.9 Å². The van der Waals surface area contributed by atoms with Crippen LogP contribution >= 0.6 is 22.9 Å². The van der Waals surface area contributed by atoms with Crippen molar-refractivity contribution in [2.45, 2.75) is 6.04 Å². The molecule has 1 saturated heterocycles. The van der Waals surface area contributed by atoms with Gasteiger partial charge in [-0.2, -0.15) is 0 Å². The average molecular weight is 329 g/mol. The number of nitrogens with one attached hydrogen (secondary N) is 1. The summed E-state index contributed by atoms with van der Waals surface area (Å²) in [6.45, 7) is 3.14. The lowest BCUT2D eigenvalue weighted by Gasteiger charge is -2.35. The normalized spacial score (nSPS) is 17.9. The van der Waals surface area contributed by atoms with Crippen LogP contribution in [0.4, 0.5) is 8.78 Å². The van der Waals surface area contributed by atoms with Gasteiger partial charge in [-0.15, -0.1) is 11.3 Å². The van der Waals surface area contributed by atoms with Gasteiger partial charge in [-0.25, -0.2) is 8.78 Å². The highest BCUT2D eigenvalue weighted by Gasteiger charge is 2.29. The Bertz CT molecular complexity index is 589. The van der Waals surface area contributed by atoms with E-state index in [4.69, 9.17) is 11.6 Å². The van der Waals surface area contributed by atoms with E-state index in [-0.39, 0.29) is 10.6 Å². The topological polar surface area (TPSA) is 15.3 Å². The van der Waals surface area contributed by atoms with Crippen LogP contribution in [0.25, 0.3) is 0 Å². The lowest BCUT2D eigenvalue weighted by atomic mass is 10.0. The third-order valence-electron chi connectivity index (χ3n) is 3.65. The Hall–Kier alpha value is -1.01. The summed E-state index contributed by atoms with van der Waals surface area (Å²) in [6, 6.07) is 5.79. The maximum atomic E-state index is 14.3. The van der Waals surface area contributed by atoms with E-state index in [0.29, 0.717) is 0 Å². The number of halogens is 3. The number of rotatable bonds is 3. The van der Waals surface area contributed by atoms with Crippen LogP contribution in [-0.4, -0.2) is 31.1 Å². The summed E-state index contributed by atoms with van der Waals surface area (Å²) >= 11 is 7.25. The Morgan fingerprint density at radius 2 is 1.86 bits per heavy atom. The quantitative estimate of drug-likeness (QED) is 0.924. The smallest absolute Gasteiger partial charge is 0.132 e. The molecule has 2 nitrogen and oxygen atoms in total. The molecular formula is C15H15ClF2N2S. The van der Waals surface area contributed by atoms with Crippen LogP contribution in [0.5, 0.6) is 0 Å². The summed E-state index contributed by atoms with van der Waals surface area (Å²) in [5.41, 5.74) is 0.0868. The number of hydrogen-bond acceptors (Lipinski definition) is 3. The highest BCUT2D eigenvalue weighted by atomic mass is 35.5. The molecular weight excluding hydrogens is 314 g/mol. The molecule has 1 aromatic heterocycles. The molecule has 3 rings (SSSR count). The second kappa shape index (κ2) is 6.40. The van der Waals surface area contributed by atoms with Crippen LogP contribution in [0, 0.1) is 11.6 Å². The van der Waals surface area contributed by atoms with Crippen molar-refractivity contribution in [3.63, 3.8) is 0 Å². The van der Waals surface area contributed by atoms with Gasteiger partial charge < -0.3 is 5.32 Å². The maximum absolute atomic E-state index is 14.3. The first kappa shape index (κ1) is 14.9.